The highest BCUT2D eigenvalue weighted by atomic mass is 32.1. The summed E-state index contributed by atoms with van der Waals surface area (Å²) < 4.78 is 2.35. The molecule has 6 heteroatoms. The van der Waals surface area contributed by atoms with Crippen LogP contribution in [0.3, 0.4) is 0 Å². The topological polar surface area (TPSA) is 36.3 Å². The van der Waals surface area contributed by atoms with Crippen LogP contribution in [0.2, 0.25) is 0 Å². The Kier molecular flexibility index (Phi) is 7.02. The lowest BCUT2D eigenvalue weighted by Gasteiger charge is -2.28. The van der Waals surface area contributed by atoms with E-state index >= 15 is 0 Å². The van der Waals surface area contributed by atoms with E-state index in [0.717, 1.165) is 29.6 Å². The monoisotopic (exact) mass is 509 g/mol. The zero-order chi connectivity index (χ0) is 26.1. The van der Waals surface area contributed by atoms with Crippen LogP contribution in [0, 0.1) is 20.8 Å². The molecule has 1 aliphatic rings. The van der Waals surface area contributed by atoms with Gasteiger partial charge in [0.1, 0.15) is 0 Å². The lowest BCUT2D eigenvalue weighted by atomic mass is 9.96. The van der Waals surface area contributed by atoms with E-state index in [4.69, 9.17) is 17.2 Å². The standard InChI is InChI=1S/C31H35N5S/c1-6-34(7-2)24-14-16-25(17-15-24)35-22(4)20-27(23(35)5)30-29(28-13-8-9-18-32-28)33-31(37)36(30)26-12-10-11-21(3)19-26/h8-20,29-30H,6-7H2,1-5H3,(H,33,37)/t29-,30-/m0/s1. The smallest absolute Gasteiger partial charge is 0.174 e. The quantitative estimate of drug-likeness (QED) is 0.277. The van der Waals surface area contributed by atoms with Gasteiger partial charge in [0.15, 0.2) is 5.11 Å². The van der Waals surface area contributed by atoms with E-state index in [1.165, 1.54) is 33.9 Å². The van der Waals surface area contributed by atoms with Gasteiger partial charge in [-0.05, 0) is 113 Å². The minimum Gasteiger partial charge on any atom is -0.372 e. The average Bonchev–Trinajstić information content (AvgIpc) is 3.40. The number of aromatic nitrogens is 2. The molecule has 0 unspecified atom stereocenters. The summed E-state index contributed by atoms with van der Waals surface area (Å²) >= 11 is 5.93. The molecule has 2 atom stereocenters. The van der Waals surface area contributed by atoms with Crippen molar-refractivity contribution in [3.8, 4) is 5.69 Å². The van der Waals surface area contributed by atoms with Gasteiger partial charge in [-0.15, -0.1) is 0 Å². The van der Waals surface area contributed by atoms with Crippen LogP contribution in [0.4, 0.5) is 11.4 Å². The number of thiocarbonyl (C=S) groups is 1. The first-order valence-corrected chi connectivity index (χ1v) is 13.4. The summed E-state index contributed by atoms with van der Waals surface area (Å²) in [6.45, 7) is 12.9. The van der Waals surface area contributed by atoms with E-state index < -0.39 is 0 Å². The van der Waals surface area contributed by atoms with Crippen LogP contribution in [0.5, 0.6) is 0 Å². The Bertz CT molecular complexity index is 1390. The number of benzene rings is 2. The molecule has 0 saturated carbocycles. The molecule has 1 N–H and O–H groups in total. The fourth-order valence-electron chi connectivity index (χ4n) is 5.61. The SMILES string of the molecule is CCN(CC)c1ccc(-n2c(C)cc([C@H]3[C@H](c4ccccn4)NC(=S)N3c3cccc(C)c3)c2C)cc1. The van der Waals surface area contributed by atoms with Gasteiger partial charge in [0.2, 0.25) is 0 Å². The highest BCUT2D eigenvalue weighted by molar-refractivity contribution is 7.80. The van der Waals surface area contributed by atoms with Crippen molar-refractivity contribution >= 4 is 28.7 Å². The number of nitrogens with zero attached hydrogens (tertiary/aromatic N) is 4. The Balaban J connectivity index is 1.61. The molecule has 0 bridgehead atoms. The molecule has 1 saturated heterocycles. The maximum Gasteiger partial charge on any atom is 0.174 e. The first kappa shape index (κ1) is 25.0. The third-order valence-electron chi connectivity index (χ3n) is 7.40. The molecule has 0 radical (unpaired) electrons. The summed E-state index contributed by atoms with van der Waals surface area (Å²) in [7, 11) is 0. The van der Waals surface area contributed by atoms with Gasteiger partial charge in [0.05, 0.1) is 17.8 Å². The van der Waals surface area contributed by atoms with Crippen molar-refractivity contribution in [2.24, 2.45) is 0 Å². The van der Waals surface area contributed by atoms with Crippen LogP contribution in [0.15, 0.2) is 79.0 Å². The van der Waals surface area contributed by atoms with Crippen molar-refractivity contribution in [1.29, 1.82) is 0 Å². The van der Waals surface area contributed by atoms with Gasteiger partial charge >= 0.3 is 0 Å². The Morgan fingerprint density at radius 3 is 2.30 bits per heavy atom. The summed E-state index contributed by atoms with van der Waals surface area (Å²) in [5, 5.41) is 4.32. The van der Waals surface area contributed by atoms with Gasteiger partial charge < -0.3 is 19.7 Å². The van der Waals surface area contributed by atoms with Crippen molar-refractivity contribution in [2.75, 3.05) is 22.9 Å². The summed E-state index contributed by atoms with van der Waals surface area (Å²) in [4.78, 5) is 9.34. The largest absolute Gasteiger partial charge is 0.372 e. The summed E-state index contributed by atoms with van der Waals surface area (Å²) in [5.74, 6) is 0. The third-order valence-corrected chi connectivity index (χ3v) is 7.72. The van der Waals surface area contributed by atoms with Crippen molar-refractivity contribution in [3.05, 3.63) is 107 Å². The molecular formula is C31H35N5S. The number of rotatable bonds is 7. The van der Waals surface area contributed by atoms with Gasteiger partial charge in [-0.3, -0.25) is 4.98 Å². The molecular weight excluding hydrogens is 474 g/mol. The van der Waals surface area contributed by atoms with E-state index in [9.17, 15) is 0 Å². The van der Waals surface area contributed by atoms with Crippen molar-refractivity contribution in [1.82, 2.24) is 14.9 Å². The highest BCUT2D eigenvalue weighted by Crippen LogP contribution is 2.43. The molecule has 3 heterocycles. The van der Waals surface area contributed by atoms with Crippen molar-refractivity contribution in [3.63, 3.8) is 0 Å². The molecule has 37 heavy (non-hydrogen) atoms. The van der Waals surface area contributed by atoms with E-state index in [2.05, 4.69) is 115 Å². The molecule has 0 aliphatic carbocycles. The highest BCUT2D eigenvalue weighted by Gasteiger charge is 2.42. The number of hydrogen-bond donors (Lipinski definition) is 1. The lowest BCUT2D eigenvalue weighted by Crippen LogP contribution is -2.29. The molecule has 0 spiro atoms. The zero-order valence-corrected chi connectivity index (χ0v) is 23.1. The second-order valence-electron chi connectivity index (χ2n) is 9.69. The molecule has 5 nitrogen and oxygen atoms in total. The van der Waals surface area contributed by atoms with Crippen LogP contribution < -0.4 is 15.1 Å². The second-order valence-corrected chi connectivity index (χ2v) is 10.1. The fourth-order valence-corrected chi connectivity index (χ4v) is 5.96. The first-order valence-electron chi connectivity index (χ1n) is 13.0. The molecule has 1 aliphatic heterocycles. The Labute approximate surface area is 225 Å². The molecule has 2 aromatic heterocycles. The summed E-state index contributed by atoms with van der Waals surface area (Å²) in [6.07, 6.45) is 1.85. The van der Waals surface area contributed by atoms with Crippen LogP contribution in [0.25, 0.3) is 5.69 Å². The van der Waals surface area contributed by atoms with E-state index in [1.807, 2.05) is 18.3 Å². The van der Waals surface area contributed by atoms with Crippen molar-refractivity contribution in [2.45, 2.75) is 46.7 Å². The van der Waals surface area contributed by atoms with Gasteiger partial charge in [-0.1, -0.05) is 18.2 Å². The fraction of sp³-hybridized carbons (Fsp3) is 0.290. The predicted molar refractivity (Wildman–Crippen MR) is 158 cm³/mol. The predicted octanol–water partition coefficient (Wildman–Crippen LogP) is 6.82. The van der Waals surface area contributed by atoms with Gasteiger partial charge in [0.25, 0.3) is 0 Å². The lowest BCUT2D eigenvalue weighted by molar-refractivity contribution is 0.565. The second kappa shape index (κ2) is 10.4. The van der Waals surface area contributed by atoms with Gasteiger partial charge in [-0.25, -0.2) is 0 Å². The number of hydrogen-bond acceptors (Lipinski definition) is 3. The third kappa shape index (κ3) is 4.62. The number of nitrogens with one attached hydrogen (secondary N) is 1. The van der Waals surface area contributed by atoms with Gasteiger partial charge in [0, 0.05) is 47.7 Å². The molecule has 1 fully saturated rings. The molecule has 0 amide bonds. The summed E-state index contributed by atoms with van der Waals surface area (Å²) in [6, 6.07) is 25.8. The average molecular weight is 510 g/mol. The minimum absolute atomic E-state index is 0.0286. The Morgan fingerprint density at radius 2 is 1.65 bits per heavy atom. The van der Waals surface area contributed by atoms with E-state index in [1.54, 1.807) is 0 Å². The maximum absolute atomic E-state index is 5.93. The van der Waals surface area contributed by atoms with Crippen LogP contribution in [0.1, 0.15) is 54.1 Å². The molecule has 190 valence electrons. The van der Waals surface area contributed by atoms with Crippen LogP contribution in [-0.4, -0.2) is 27.8 Å². The molecule has 2 aromatic carbocycles. The van der Waals surface area contributed by atoms with Crippen LogP contribution >= 0.6 is 12.2 Å². The molecule has 5 rings (SSSR count). The van der Waals surface area contributed by atoms with Gasteiger partial charge in [-0.2, -0.15) is 0 Å². The number of pyridine rings is 1. The number of aryl methyl sites for hydroxylation is 2. The maximum atomic E-state index is 5.93. The van der Waals surface area contributed by atoms with E-state index in [-0.39, 0.29) is 12.1 Å². The van der Waals surface area contributed by atoms with Crippen LogP contribution in [-0.2, 0) is 0 Å². The summed E-state index contributed by atoms with van der Waals surface area (Å²) in [5.41, 5.74) is 9.36. The van der Waals surface area contributed by atoms with Crippen molar-refractivity contribution < 1.29 is 0 Å². The Morgan fingerprint density at radius 1 is 0.892 bits per heavy atom. The van der Waals surface area contributed by atoms with E-state index in [0.29, 0.717) is 0 Å². The molecule has 4 aromatic rings. The minimum atomic E-state index is -0.0618. The first-order chi connectivity index (χ1) is 17.9. The zero-order valence-electron chi connectivity index (χ0n) is 22.3. The normalized spacial score (nSPS) is 17.2. The number of anilines is 2. The Hall–Kier alpha value is -3.64.